The lowest BCUT2D eigenvalue weighted by Gasteiger charge is -2.22. The Labute approximate surface area is 116 Å². The molecule has 2 rings (SSSR count). The summed E-state index contributed by atoms with van der Waals surface area (Å²) in [6.45, 7) is 2.45. The van der Waals surface area contributed by atoms with Crippen LogP contribution in [0, 0.1) is 17.8 Å². The van der Waals surface area contributed by atoms with Crippen molar-refractivity contribution in [3.8, 4) is 0 Å². The van der Waals surface area contributed by atoms with E-state index >= 15 is 0 Å². The van der Waals surface area contributed by atoms with Crippen molar-refractivity contribution in [3.63, 3.8) is 0 Å². The third-order valence-corrected chi connectivity index (χ3v) is 4.33. The molecular weight excluding hydrogens is 264 g/mol. The first-order valence-corrected chi connectivity index (χ1v) is 7.28. The fourth-order valence-corrected chi connectivity index (χ4v) is 3.31. The number of carboxylic acids is 1. The van der Waals surface area contributed by atoms with Crippen LogP contribution in [0.1, 0.15) is 25.5 Å². The Morgan fingerprint density at radius 3 is 2.74 bits per heavy atom. The number of nitrogens with zero attached hydrogens (tertiary/aromatic N) is 2. The van der Waals surface area contributed by atoms with Crippen LogP contribution in [0.5, 0.6) is 0 Å². The standard InChI is InChI=1S/C13H18N2O3S/c1-8-3-10(11(4-8)13(17)18)12(16)15(2)5-9-6-19-7-14-9/h6-8,10-11H,3-5H2,1-2H3,(H,17,18). The molecule has 6 heteroatoms. The van der Waals surface area contributed by atoms with Crippen molar-refractivity contribution in [1.29, 1.82) is 0 Å². The number of amides is 1. The summed E-state index contributed by atoms with van der Waals surface area (Å²) in [5.41, 5.74) is 2.57. The SMILES string of the molecule is CC1CC(C(=O)O)C(C(=O)N(C)Cc2cscn2)C1. The van der Waals surface area contributed by atoms with E-state index in [9.17, 15) is 14.7 Å². The summed E-state index contributed by atoms with van der Waals surface area (Å²) in [6, 6.07) is 0. The van der Waals surface area contributed by atoms with Crippen molar-refractivity contribution in [1.82, 2.24) is 9.88 Å². The molecule has 1 aliphatic rings. The second-order valence-corrected chi connectivity index (χ2v) is 6.02. The molecule has 0 aromatic carbocycles. The molecule has 0 bridgehead atoms. The molecular formula is C13H18N2O3S. The number of carbonyl (C=O) groups excluding carboxylic acids is 1. The van der Waals surface area contributed by atoms with E-state index < -0.39 is 17.8 Å². The van der Waals surface area contributed by atoms with Crippen molar-refractivity contribution in [2.75, 3.05) is 7.05 Å². The summed E-state index contributed by atoms with van der Waals surface area (Å²) < 4.78 is 0. The van der Waals surface area contributed by atoms with Gasteiger partial charge in [0.15, 0.2) is 0 Å². The number of hydrogen-bond acceptors (Lipinski definition) is 4. The van der Waals surface area contributed by atoms with Gasteiger partial charge in [-0.05, 0) is 18.8 Å². The molecule has 104 valence electrons. The lowest BCUT2D eigenvalue weighted by atomic mass is 9.95. The zero-order chi connectivity index (χ0) is 14.0. The van der Waals surface area contributed by atoms with Gasteiger partial charge in [-0.15, -0.1) is 11.3 Å². The van der Waals surface area contributed by atoms with E-state index in [-0.39, 0.29) is 5.91 Å². The van der Waals surface area contributed by atoms with Gasteiger partial charge in [0.05, 0.1) is 29.6 Å². The Morgan fingerprint density at radius 2 is 2.16 bits per heavy atom. The molecule has 0 spiro atoms. The smallest absolute Gasteiger partial charge is 0.307 e. The molecule has 0 radical (unpaired) electrons. The topological polar surface area (TPSA) is 70.5 Å². The van der Waals surface area contributed by atoms with Crippen LogP contribution in [-0.4, -0.2) is 33.9 Å². The van der Waals surface area contributed by atoms with Crippen molar-refractivity contribution in [3.05, 3.63) is 16.6 Å². The summed E-state index contributed by atoms with van der Waals surface area (Å²) in [5, 5.41) is 11.1. The first-order valence-electron chi connectivity index (χ1n) is 6.34. The molecule has 1 aromatic rings. The summed E-state index contributed by atoms with van der Waals surface area (Å²) in [7, 11) is 1.71. The first kappa shape index (κ1) is 14.0. The normalized spacial score (nSPS) is 26.3. The van der Waals surface area contributed by atoms with Crippen molar-refractivity contribution < 1.29 is 14.7 Å². The van der Waals surface area contributed by atoms with E-state index in [1.807, 2.05) is 12.3 Å². The fraction of sp³-hybridized carbons (Fsp3) is 0.615. The van der Waals surface area contributed by atoms with Gasteiger partial charge in [-0.3, -0.25) is 9.59 Å². The number of rotatable bonds is 4. The van der Waals surface area contributed by atoms with Crippen LogP contribution in [0.3, 0.4) is 0 Å². The van der Waals surface area contributed by atoms with Gasteiger partial charge in [-0.1, -0.05) is 6.92 Å². The van der Waals surface area contributed by atoms with Crippen LogP contribution >= 0.6 is 11.3 Å². The van der Waals surface area contributed by atoms with E-state index in [0.29, 0.717) is 25.3 Å². The van der Waals surface area contributed by atoms with Gasteiger partial charge in [-0.2, -0.15) is 0 Å². The summed E-state index contributed by atoms with van der Waals surface area (Å²) in [5.74, 6) is -1.58. The Kier molecular flexibility index (Phi) is 4.19. The van der Waals surface area contributed by atoms with E-state index in [1.165, 1.54) is 11.3 Å². The average Bonchev–Trinajstić information content (AvgIpc) is 2.97. The van der Waals surface area contributed by atoms with Crippen LogP contribution < -0.4 is 0 Å². The molecule has 1 aromatic heterocycles. The summed E-state index contributed by atoms with van der Waals surface area (Å²) in [4.78, 5) is 29.3. The summed E-state index contributed by atoms with van der Waals surface area (Å²) >= 11 is 1.49. The molecule has 0 saturated heterocycles. The van der Waals surface area contributed by atoms with Crippen LogP contribution in [-0.2, 0) is 16.1 Å². The largest absolute Gasteiger partial charge is 0.481 e. The number of thiazole rings is 1. The highest BCUT2D eigenvalue weighted by atomic mass is 32.1. The van der Waals surface area contributed by atoms with E-state index in [4.69, 9.17) is 0 Å². The van der Waals surface area contributed by atoms with E-state index in [0.717, 1.165) is 5.69 Å². The van der Waals surface area contributed by atoms with Crippen molar-refractivity contribution in [2.24, 2.45) is 17.8 Å². The molecule has 1 aliphatic carbocycles. The predicted molar refractivity (Wildman–Crippen MR) is 71.6 cm³/mol. The van der Waals surface area contributed by atoms with Gasteiger partial charge in [0.25, 0.3) is 0 Å². The zero-order valence-corrected chi connectivity index (χ0v) is 11.9. The Balaban J connectivity index is 2.03. The van der Waals surface area contributed by atoms with Crippen LogP contribution in [0.2, 0.25) is 0 Å². The quantitative estimate of drug-likeness (QED) is 0.915. The second kappa shape index (κ2) is 5.69. The minimum Gasteiger partial charge on any atom is -0.481 e. The van der Waals surface area contributed by atoms with Crippen LogP contribution in [0.4, 0.5) is 0 Å². The highest BCUT2D eigenvalue weighted by Crippen LogP contribution is 2.37. The number of carbonyl (C=O) groups is 2. The first-order chi connectivity index (χ1) is 8.99. The molecule has 1 amide bonds. The number of carboxylic acid groups (broad SMARTS) is 1. The Bertz CT molecular complexity index is 460. The van der Waals surface area contributed by atoms with E-state index in [2.05, 4.69) is 4.98 Å². The maximum absolute atomic E-state index is 12.4. The second-order valence-electron chi connectivity index (χ2n) is 5.30. The maximum atomic E-state index is 12.4. The van der Waals surface area contributed by atoms with Gasteiger partial charge in [0.2, 0.25) is 5.91 Å². The number of aromatic nitrogens is 1. The molecule has 5 nitrogen and oxygen atoms in total. The van der Waals surface area contributed by atoms with Gasteiger partial charge in [0, 0.05) is 12.4 Å². The monoisotopic (exact) mass is 282 g/mol. The molecule has 3 unspecified atom stereocenters. The van der Waals surface area contributed by atoms with Gasteiger partial charge in [-0.25, -0.2) is 4.98 Å². The van der Waals surface area contributed by atoms with Gasteiger partial charge < -0.3 is 10.0 Å². The molecule has 1 N–H and O–H groups in total. The number of hydrogen-bond donors (Lipinski definition) is 1. The third-order valence-electron chi connectivity index (χ3n) is 3.69. The minimum atomic E-state index is -0.857. The predicted octanol–water partition coefficient (Wildman–Crippen LogP) is 1.85. The van der Waals surface area contributed by atoms with Crippen molar-refractivity contribution >= 4 is 23.2 Å². The van der Waals surface area contributed by atoms with Crippen molar-refractivity contribution in [2.45, 2.75) is 26.3 Å². The zero-order valence-electron chi connectivity index (χ0n) is 11.1. The minimum absolute atomic E-state index is 0.0789. The van der Waals surface area contributed by atoms with E-state index in [1.54, 1.807) is 17.5 Å². The average molecular weight is 282 g/mol. The van der Waals surface area contributed by atoms with Gasteiger partial charge >= 0.3 is 5.97 Å². The fourth-order valence-electron chi connectivity index (χ4n) is 2.76. The van der Waals surface area contributed by atoms with Crippen LogP contribution in [0.15, 0.2) is 10.9 Å². The highest BCUT2D eigenvalue weighted by molar-refractivity contribution is 7.07. The Morgan fingerprint density at radius 1 is 1.47 bits per heavy atom. The molecule has 1 saturated carbocycles. The van der Waals surface area contributed by atoms with Gasteiger partial charge in [0.1, 0.15) is 0 Å². The number of aliphatic carboxylic acids is 1. The summed E-state index contributed by atoms with van der Waals surface area (Å²) in [6.07, 6.45) is 1.26. The lowest BCUT2D eigenvalue weighted by Crippen LogP contribution is -2.36. The molecule has 1 fully saturated rings. The molecule has 3 atom stereocenters. The third kappa shape index (κ3) is 3.12. The highest BCUT2D eigenvalue weighted by Gasteiger charge is 2.42. The maximum Gasteiger partial charge on any atom is 0.307 e. The molecule has 0 aliphatic heterocycles. The van der Waals surface area contributed by atoms with Crippen LogP contribution in [0.25, 0.3) is 0 Å². The lowest BCUT2D eigenvalue weighted by molar-refractivity contribution is -0.148. The molecule has 1 heterocycles. The molecule has 19 heavy (non-hydrogen) atoms. The Hall–Kier alpha value is -1.43.